The fourth-order valence-corrected chi connectivity index (χ4v) is 2.37. The predicted molar refractivity (Wildman–Crippen MR) is 48.0 cm³/mol. The second-order valence-electron chi connectivity index (χ2n) is 4.15. The van der Waals surface area contributed by atoms with Crippen LogP contribution in [-0.2, 0) is 4.74 Å². The molecular formula is C10H20NO+. The zero-order chi connectivity index (χ0) is 8.23. The van der Waals surface area contributed by atoms with Gasteiger partial charge in [0.15, 0.2) is 0 Å². The molecule has 2 N–H and O–H groups in total. The van der Waals surface area contributed by atoms with Crippen molar-refractivity contribution in [3.8, 4) is 0 Å². The molecule has 1 saturated heterocycles. The van der Waals surface area contributed by atoms with Crippen LogP contribution >= 0.6 is 0 Å². The highest BCUT2D eigenvalue weighted by atomic mass is 16.5. The van der Waals surface area contributed by atoms with E-state index in [1.165, 1.54) is 45.1 Å². The van der Waals surface area contributed by atoms with Crippen molar-refractivity contribution in [1.29, 1.82) is 0 Å². The van der Waals surface area contributed by atoms with Gasteiger partial charge >= 0.3 is 0 Å². The van der Waals surface area contributed by atoms with E-state index in [1.54, 1.807) is 0 Å². The van der Waals surface area contributed by atoms with Crippen molar-refractivity contribution in [2.75, 3.05) is 13.2 Å². The lowest BCUT2D eigenvalue weighted by Crippen LogP contribution is -2.91. The van der Waals surface area contributed by atoms with E-state index in [0.29, 0.717) is 6.10 Å². The van der Waals surface area contributed by atoms with E-state index >= 15 is 0 Å². The summed E-state index contributed by atoms with van der Waals surface area (Å²) in [6.45, 7) is 2.22. The molecule has 1 aliphatic heterocycles. The molecule has 1 heterocycles. The van der Waals surface area contributed by atoms with Crippen molar-refractivity contribution in [1.82, 2.24) is 0 Å². The molecule has 0 amide bonds. The van der Waals surface area contributed by atoms with Gasteiger partial charge in [0.05, 0.1) is 6.04 Å². The van der Waals surface area contributed by atoms with Crippen molar-refractivity contribution in [3.63, 3.8) is 0 Å². The molecule has 0 bridgehead atoms. The summed E-state index contributed by atoms with van der Waals surface area (Å²) in [4.78, 5) is 0. The monoisotopic (exact) mass is 170 g/mol. The van der Waals surface area contributed by atoms with Crippen molar-refractivity contribution in [3.05, 3.63) is 0 Å². The molecular weight excluding hydrogens is 150 g/mol. The molecule has 2 rings (SSSR count). The molecule has 0 unspecified atom stereocenters. The Hall–Kier alpha value is -0.0800. The number of quaternary nitrogens is 1. The van der Waals surface area contributed by atoms with Crippen LogP contribution in [-0.4, -0.2) is 25.3 Å². The molecule has 2 nitrogen and oxygen atoms in total. The van der Waals surface area contributed by atoms with E-state index in [9.17, 15) is 0 Å². The van der Waals surface area contributed by atoms with Gasteiger partial charge in [0.25, 0.3) is 0 Å². The minimum atomic E-state index is 0.575. The van der Waals surface area contributed by atoms with Gasteiger partial charge in [-0.2, -0.15) is 0 Å². The summed E-state index contributed by atoms with van der Waals surface area (Å²) >= 11 is 0. The van der Waals surface area contributed by atoms with Gasteiger partial charge in [-0.15, -0.1) is 0 Å². The number of hydrogen-bond acceptors (Lipinski definition) is 1. The van der Waals surface area contributed by atoms with Gasteiger partial charge in [-0.1, -0.05) is 0 Å². The molecule has 0 aromatic rings. The van der Waals surface area contributed by atoms with Gasteiger partial charge in [0.2, 0.25) is 0 Å². The number of nitrogens with two attached hydrogens (primary N) is 1. The molecule has 0 aromatic carbocycles. The lowest BCUT2D eigenvalue weighted by atomic mass is 10.2. The third-order valence-electron chi connectivity index (χ3n) is 3.16. The molecule has 0 spiro atoms. The zero-order valence-electron chi connectivity index (χ0n) is 7.80. The van der Waals surface area contributed by atoms with E-state index in [1.807, 2.05) is 0 Å². The summed E-state index contributed by atoms with van der Waals surface area (Å²) in [5.74, 6) is 0. The van der Waals surface area contributed by atoms with Crippen LogP contribution in [0.2, 0.25) is 0 Å². The Morgan fingerprint density at radius 2 is 1.92 bits per heavy atom. The fourth-order valence-electron chi connectivity index (χ4n) is 2.37. The Bertz CT molecular complexity index is 110. The van der Waals surface area contributed by atoms with Crippen LogP contribution < -0.4 is 5.32 Å². The normalized spacial score (nSPS) is 31.5. The van der Waals surface area contributed by atoms with Crippen molar-refractivity contribution in [2.24, 2.45) is 0 Å². The second kappa shape index (κ2) is 4.24. The Morgan fingerprint density at radius 1 is 1.08 bits per heavy atom. The summed E-state index contributed by atoms with van der Waals surface area (Å²) < 4.78 is 5.58. The Kier molecular flexibility index (Phi) is 3.01. The van der Waals surface area contributed by atoms with Crippen LogP contribution in [0.25, 0.3) is 0 Å². The molecule has 1 atom stereocenters. The van der Waals surface area contributed by atoms with Crippen LogP contribution in [0.5, 0.6) is 0 Å². The van der Waals surface area contributed by atoms with Gasteiger partial charge in [-0.25, -0.2) is 0 Å². The molecule has 0 radical (unpaired) electrons. The van der Waals surface area contributed by atoms with Crippen LogP contribution in [0.4, 0.5) is 0 Å². The largest absolute Gasteiger partial charge is 0.372 e. The first-order valence-corrected chi connectivity index (χ1v) is 5.40. The first kappa shape index (κ1) is 8.52. The second-order valence-corrected chi connectivity index (χ2v) is 4.15. The van der Waals surface area contributed by atoms with Crippen LogP contribution in [0.3, 0.4) is 0 Å². The van der Waals surface area contributed by atoms with Crippen molar-refractivity contribution < 1.29 is 10.1 Å². The van der Waals surface area contributed by atoms with Gasteiger partial charge in [0, 0.05) is 6.61 Å². The molecule has 2 fully saturated rings. The molecule has 2 heteroatoms. The predicted octanol–water partition coefficient (Wildman–Crippen LogP) is 0.671. The maximum absolute atomic E-state index is 5.58. The highest BCUT2D eigenvalue weighted by Crippen LogP contribution is 2.15. The lowest BCUT2D eigenvalue weighted by Gasteiger charge is -2.12. The summed E-state index contributed by atoms with van der Waals surface area (Å²) in [6, 6.07) is 0.925. The topological polar surface area (TPSA) is 25.8 Å². The van der Waals surface area contributed by atoms with E-state index in [0.717, 1.165) is 12.6 Å². The van der Waals surface area contributed by atoms with Gasteiger partial charge in [-0.05, 0) is 38.5 Å². The first-order valence-electron chi connectivity index (χ1n) is 5.40. The minimum Gasteiger partial charge on any atom is -0.372 e. The molecule has 12 heavy (non-hydrogen) atoms. The highest BCUT2D eigenvalue weighted by molar-refractivity contribution is 4.66. The molecule has 0 aromatic heterocycles. The molecule has 2 aliphatic rings. The van der Waals surface area contributed by atoms with Crippen LogP contribution in [0.1, 0.15) is 38.5 Å². The van der Waals surface area contributed by atoms with Gasteiger partial charge in [-0.3, -0.25) is 0 Å². The average molecular weight is 170 g/mol. The minimum absolute atomic E-state index is 0.575. The smallest absolute Gasteiger partial charge is 0.106 e. The van der Waals surface area contributed by atoms with Crippen LogP contribution in [0.15, 0.2) is 0 Å². The standard InChI is InChI=1S/C10H19NO/c1-2-5-9(4-1)11-8-10-6-3-7-12-10/h9-11H,1-8H2/p+1/t10-/m1/s1. The SMILES string of the molecule is C1CCC([NH2+]C[C@H]2CCCO2)C1. The molecule has 1 aliphatic carbocycles. The van der Waals surface area contributed by atoms with E-state index in [2.05, 4.69) is 5.32 Å². The number of hydrogen-bond donors (Lipinski definition) is 1. The highest BCUT2D eigenvalue weighted by Gasteiger charge is 2.22. The van der Waals surface area contributed by atoms with Crippen LogP contribution in [0, 0.1) is 0 Å². The summed E-state index contributed by atoms with van der Waals surface area (Å²) in [5.41, 5.74) is 0. The number of ether oxygens (including phenoxy) is 1. The van der Waals surface area contributed by atoms with Gasteiger partial charge < -0.3 is 10.1 Å². The van der Waals surface area contributed by atoms with Gasteiger partial charge in [0.1, 0.15) is 12.6 Å². The van der Waals surface area contributed by atoms with Crippen molar-refractivity contribution >= 4 is 0 Å². The Labute approximate surface area is 74.7 Å². The van der Waals surface area contributed by atoms with E-state index in [4.69, 9.17) is 4.74 Å². The van der Waals surface area contributed by atoms with Crippen molar-refractivity contribution in [2.45, 2.75) is 50.7 Å². The third kappa shape index (κ3) is 2.20. The summed E-state index contributed by atoms with van der Waals surface area (Å²) in [5, 5.41) is 2.52. The van der Waals surface area contributed by atoms with E-state index < -0.39 is 0 Å². The quantitative estimate of drug-likeness (QED) is 0.662. The Morgan fingerprint density at radius 3 is 2.58 bits per heavy atom. The maximum atomic E-state index is 5.58. The molecule has 1 saturated carbocycles. The Balaban J connectivity index is 1.60. The average Bonchev–Trinajstić information content (AvgIpc) is 2.74. The first-order chi connectivity index (χ1) is 5.95. The number of rotatable bonds is 3. The third-order valence-corrected chi connectivity index (χ3v) is 3.16. The zero-order valence-corrected chi connectivity index (χ0v) is 7.80. The summed E-state index contributed by atoms with van der Waals surface area (Å²) in [7, 11) is 0. The molecule has 70 valence electrons. The fraction of sp³-hybridized carbons (Fsp3) is 1.00. The lowest BCUT2D eigenvalue weighted by molar-refractivity contribution is -0.693. The summed E-state index contributed by atoms with van der Waals surface area (Å²) in [6.07, 6.45) is 8.93. The maximum Gasteiger partial charge on any atom is 0.106 e. The van der Waals surface area contributed by atoms with E-state index in [-0.39, 0.29) is 0 Å².